The Morgan fingerprint density at radius 3 is 1.41 bits per heavy atom. The van der Waals surface area contributed by atoms with Crippen LogP contribution in [0.3, 0.4) is 0 Å². The van der Waals surface area contributed by atoms with Crippen molar-refractivity contribution in [1.29, 1.82) is 0 Å². The van der Waals surface area contributed by atoms with E-state index in [1.54, 1.807) is 0 Å². The topological polar surface area (TPSA) is 33.3 Å². The molecule has 0 unspecified atom stereocenters. The van der Waals surface area contributed by atoms with Gasteiger partial charge in [0.15, 0.2) is 0 Å². The number of hydrogen-bond acceptors (Lipinski definition) is 3. The van der Waals surface area contributed by atoms with Crippen LogP contribution in [0, 0.1) is 0 Å². The zero-order valence-corrected chi connectivity index (χ0v) is 19.8. The van der Waals surface area contributed by atoms with Gasteiger partial charge in [-0.25, -0.2) is 0 Å². The Kier molecular flexibility index (Phi) is 6.62. The van der Waals surface area contributed by atoms with E-state index in [2.05, 4.69) is 110 Å². The van der Waals surface area contributed by atoms with Crippen molar-refractivity contribution in [2.75, 3.05) is 10.6 Å². The van der Waals surface area contributed by atoms with Crippen LogP contribution < -0.4 is 20.2 Å². The Hall–Kier alpha value is -3.50. The smallest absolute Gasteiger partial charge is 0.322 e. The highest BCUT2D eigenvalue weighted by Crippen LogP contribution is 2.30. The fourth-order valence-corrected chi connectivity index (χ4v) is 5.61. The Bertz CT molecular complexity index is 1110. The highest BCUT2D eigenvalue weighted by molar-refractivity contribution is 6.70. The van der Waals surface area contributed by atoms with Gasteiger partial charge in [-0.15, -0.1) is 0 Å². The van der Waals surface area contributed by atoms with Crippen LogP contribution in [0.2, 0.25) is 5.04 Å². The van der Waals surface area contributed by atoms with Crippen LogP contribution in [0.4, 0.5) is 22.7 Å². The number of hydrogen-bond donors (Lipinski definition) is 2. The Morgan fingerprint density at radius 1 is 0.531 bits per heavy atom. The molecule has 3 nitrogen and oxygen atoms in total. The van der Waals surface area contributed by atoms with Gasteiger partial charge in [0.05, 0.1) is 0 Å². The lowest BCUT2D eigenvalue weighted by Crippen LogP contribution is -2.44. The standard InChI is InChI=1S/C28H29N2OSi/c1-28(2,3)32(27-12-8-5-9-13-27)31-26-20-18-25(19-21-26)30-24-16-14-23(15-17-24)29-22-10-6-4-7-11-22/h4-21,29-30H,1-3H3. The van der Waals surface area contributed by atoms with Crippen molar-refractivity contribution in [2.24, 2.45) is 0 Å². The van der Waals surface area contributed by atoms with Gasteiger partial charge in [-0.2, -0.15) is 0 Å². The van der Waals surface area contributed by atoms with E-state index in [0.29, 0.717) is 0 Å². The van der Waals surface area contributed by atoms with E-state index in [-0.39, 0.29) is 5.04 Å². The van der Waals surface area contributed by atoms with E-state index >= 15 is 0 Å². The van der Waals surface area contributed by atoms with Gasteiger partial charge in [-0.05, 0) is 70.9 Å². The summed E-state index contributed by atoms with van der Waals surface area (Å²) in [4.78, 5) is 0. The molecule has 0 bridgehead atoms. The molecule has 0 fully saturated rings. The molecule has 4 aromatic carbocycles. The van der Waals surface area contributed by atoms with Crippen LogP contribution >= 0.6 is 0 Å². The van der Waals surface area contributed by atoms with Crippen molar-refractivity contribution in [3.8, 4) is 5.75 Å². The minimum Gasteiger partial charge on any atom is -0.537 e. The maximum Gasteiger partial charge on any atom is 0.322 e. The third kappa shape index (κ3) is 5.80. The molecular formula is C28H29N2OSi. The molecule has 4 aromatic rings. The van der Waals surface area contributed by atoms with Gasteiger partial charge in [0.25, 0.3) is 0 Å². The number of anilines is 4. The van der Waals surface area contributed by atoms with Crippen LogP contribution in [0.15, 0.2) is 109 Å². The molecular weight excluding hydrogens is 408 g/mol. The van der Waals surface area contributed by atoms with Crippen molar-refractivity contribution in [1.82, 2.24) is 0 Å². The van der Waals surface area contributed by atoms with Gasteiger partial charge in [-0.3, -0.25) is 0 Å². The fourth-order valence-electron chi connectivity index (χ4n) is 3.45. The molecule has 4 heteroatoms. The van der Waals surface area contributed by atoms with E-state index in [1.165, 1.54) is 5.19 Å². The van der Waals surface area contributed by atoms with Gasteiger partial charge < -0.3 is 15.1 Å². The molecule has 0 saturated heterocycles. The maximum absolute atomic E-state index is 6.51. The predicted octanol–water partition coefficient (Wildman–Crippen LogP) is 7.25. The normalized spacial score (nSPS) is 11.2. The summed E-state index contributed by atoms with van der Waals surface area (Å²) in [6.45, 7) is 6.75. The van der Waals surface area contributed by atoms with Crippen molar-refractivity contribution >= 4 is 37.0 Å². The second kappa shape index (κ2) is 9.75. The molecule has 2 N–H and O–H groups in total. The van der Waals surface area contributed by atoms with Crippen LogP contribution in [0.25, 0.3) is 0 Å². The summed E-state index contributed by atoms with van der Waals surface area (Å²) in [5.74, 6) is 0.908. The lowest BCUT2D eigenvalue weighted by Gasteiger charge is -2.28. The summed E-state index contributed by atoms with van der Waals surface area (Å²) in [5.41, 5.74) is 4.21. The van der Waals surface area contributed by atoms with E-state index in [0.717, 1.165) is 28.5 Å². The molecule has 0 atom stereocenters. The van der Waals surface area contributed by atoms with E-state index in [9.17, 15) is 0 Å². The van der Waals surface area contributed by atoms with Crippen LogP contribution in [-0.2, 0) is 0 Å². The molecule has 161 valence electrons. The molecule has 32 heavy (non-hydrogen) atoms. The summed E-state index contributed by atoms with van der Waals surface area (Å²) in [7, 11) is -1.22. The second-order valence-electron chi connectivity index (χ2n) is 8.76. The number of rotatable bonds is 7. The zero-order valence-electron chi connectivity index (χ0n) is 18.8. The van der Waals surface area contributed by atoms with Gasteiger partial charge in [0, 0.05) is 22.7 Å². The van der Waals surface area contributed by atoms with Gasteiger partial charge in [0.1, 0.15) is 5.75 Å². The average Bonchev–Trinajstić information content (AvgIpc) is 2.80. The highest BCUT2D eigenvalue weighted by atomic mass is 28.3. The lowest BCUT2D eigenvalue weighted by molar-refractivity contribution is 0.527. The molecule has 0 aliphatic carbocycles. The number of para-hydroxylation sites is 1. The highest BCUT2D eigenvalue weighted by Gasteiger charge is 2.33. The molecule has 0 spiro atoms. The first kappa shape index (κ1) is 21.7. The summed E-state index contributed by atoms with van der Waals surface area (Å²) < 4.78 is 6.51. The Balaban J connectivity index is 1.40. The summed E-state index contributed by atoms with van der Waals surface area (Å²) in [5, 5.41) is 8.24. The molecule has 4 rings (SSSR count). The number of benzene rings is 4. The molecule has 0 saturated carbocycles. The summed E-state index contributed by atoms with van der Waals surface area (Å²) >= 11 is 0. The number of nitrogens with one attached hydrogen (secondary N) is 2. The SMILES string of the molecule is CC(C)(C)[Si](Oc1ccc(Nc2ccc(Nc3ccccc3)cc2)cc1)c1ccccc1. The third-order valence-corrected chi connectivity index (χ3v) is 7.69. The molecule has 0 aliphatic rings. The minimum atomic E-state index is -1.22. The van der Waals surface area contributed by atoms with Gasteiger partial charge in [-0.1, -0.05) is 69.3 Å². The minimum absolute atomic E-state index is 0.0818. The average molecular weight is 438 g/mol. The van der Waals surface area contributed by atoms with Crippen molar-refractivity contribution in [3.63, 3.8) is 0 Å². The predicted molar refractivity (Wildman–Crippen MR) is 138 cm³/mol. The summed E-state index contributed by atoms with van der Waals surface area (Å²) in [6, 6.07) is 37.3. The van der Waals surface area contributed by atoms with Crippen molar-refractivity contribution in [3.05, 3.63) is 109 Å². The van der Waals surface area contributed by atoms with Gasteiger partial charge in [0.2, 0.25) is 0 Å². The van der Waals surface area contributed by atoms with E-state index in [1.807, 2.05) is 30.3 Å². The summed E-state index contributed by atoms with van der Waals surface area (Å²) in [6.07, 6.45) is 0. The maximum atomic E-state index is 6.51. The first-order valence-electron chi connectivity index (χ1n) is 10.9. The van der Waals surface area contributed by atoms with E-state index in [4.69, 9.17) is 4.43 Å². The lowest BCUT2D eigenvalue weighted by atomic mass is 10.2. The molecule has 0 aromatic heterocycles. The molecule has 0 heterocycles. The Morgan fingerprint density at radius 2 is 0.938 bits per heavy atom. The third-order valence-electron chi connectivity index (χ3n) is 5.03. The molecule has 0 amide bonds. The van der Waals surface area contributed by atoms with Crippen molar-refractivity contribution < 1.29 is 4.43 Å². The van der Waals surface area contributed by atoms with Crippen LogP contribution in [-0.4, -0.2) is 9.04 Å². The molecule has 0 aliphatic heterocycles. The monoisotopic (exact) mass is 437 g/mol. The first-order chi connectivity index (χ1) is 15.5. The first-order valence-corrected chi connectivity index (χ1v) is 12.3. The van der Waals surface area contributed by atoms with Crippen LogP contribution in [0.1, 0.15) is 20.8 Å². The molecule has 1 radical (unpaired) electrons. The van der Waals surface area contributed by atoms with Crippen LogP contribution in [0.5, 0.6) is 5.75 Å². The second-order valence-corrected chi connectivity index (χ2v) is 11.7. The quantitative estimate of drug-likeness (QED) is 0.299. The Labute approximate surface area is 192 Å². The fraction of sp³-hybridized carbons (Fsp3) is 0.143. The van der Waals surface area contributed by atoms with Gasteiger partial charge >= 0.3 is 9.04 Å². The largest absolute Gasteiger partial charge is 0.537 e. The van der Waals surface area contributed by atoms with E-state index < -0.39 is 9.04 Å². The zero-order chi connectivity index (χ0) is 22.4. The van der Waals surface area contributed by atoms with Crippen molar-refractivity contribution in [2.45, 2.75) is 25.8 Å².